The highest BCUT2D eigenvalue weighted by molar-refractivity contribution is 7.86. The van der Waals surface area contributed by atoms with E-state index in [2.05, 4.69) is 67.7 Å². The van der Waals surface area contributed by atoms with Crippen LogP contribution in [-0.2, 0) is 32.6 Å². The molecule has 2 aliphatic rings. The summed E-state index contributed by atoms with van der Waals surface area (Å²) in [5, 5.41) is 9.28. The Morgan fingerprint density at radius 3 is 1.33 bits per heavy atom. The Bertz CT molecular complexity index is 1340. The van der Waals surface area contributed by atoms with E-state index in [1.54, 1.807) is 28.0 Å². The van der Waals surface area contributed by atoms with Crippen molar-refractivity contribution in [2.45, 2.75) is 168 Å². The molecule has 12 nitrogen and oxygen atoms in total. The molecular weight excluding hydrogens is 721 g/mol. The summed E-state index contributed by atoms with van der Waals surface area (Å²) in [4.78, 5) is 28.5. The summed E-state index contributed by atoms with van der Waals surface area (Å²) in [7, 11) is -7.49. The molecule has 2 aliphatic heterocycles. The van der Waals surface area contributed by atoms with Crippen LogP contribution in [0.1, 0.15) is 95.9 Å². The van der Waals surface area contributed by atoms with Crippen molar-refractivity contribution in [2.75, 3.05) is 32.6 Å². The first-order valence-corrected chi connectivity index (χ1v) is 26.0. The van der Waals surface area contributed by atoms with Gasteiger partial charge in [0.15, 0.2) is 16.6 Å². The van der Waals surface area contributed by atoms with Crippen molar-refractivity contribution < 1.29 is 45.6 Å². The zero-order chi connectivity index (χ0) is 40.7. The van der Waals surface area contributed by atoms with Gasteiger partial charge in [0.1, 0.15) is 11.2 Å². The Kier molecular flexibility index (Phi) is 16.9. The van der Waals surface area contributed by atoms with Crippen molar-refractivity contribution in [1.82, 2.24) is 9.80 Å². The van der Waals surface area contributed by atoms with Crippen molar-refractivity contribution >= 4 is 38.9 Å². The summed E-state index contributed by atoms with van der Waals surface area (Å²) < 4.78 is 51.3. The second kappa shape index (κ2) is 18.3. The van der Waals surface area contributed by atoms with E-state index < -0.39 is 44.0 Å². The fourth-order valence-corrected chi connectivity index (χ4v) is 8.08. The van der Waals surface area contributed by atoms with Gasteiger partial charge in [-0.15, -0.1) is 0 Å². The van der Waals surface area contributed by atoms with Crippen LogP contribution in [0, 0.1) is 0 Å². The van der Waals surface area contributed by atoms with Crippen LogP contribution < -0.4 is 0 Å². The highest BCUT2D eigenvalue weighted by Gasteiger charge is 2.46. The molecule has 0 saturated carbocycles. The molecule has 2 saturated heterocycles. The highest BCUT2D eigenvalue weighted by Crippen LogP contribution is 2.41. The van der Waals surface area contributed by atoms with Crippen molar-refractivity contribution in [3.05, 3.63) is 24.3 Å². The third kappa shape index (κ3) is 15.9. The molecule has 0 aliphatic carbocycles. The molecule has 2 amide bonds. The zero-order valence-electron chi connectivity index (χ0n) is 35.3. The molecule has 304 valence electrons. The van der Waals surface area contributed by atoms with Gasteiger partial charge in [0.2, 0.25) is 0 Å². The summed E-state index contributed by atoms with van der Waals surface area (Å²) in [6.45, 7) is 34.0. The standard InChI is InChI=1S/C19H37NO6SSi.C18H35NO4Si/c1-18(2,3)25-17(21)20-13-12-16(26-28(8,9)19(4,5)6)15(20)11-10-14-24-27(7,22)23;1-17(2,3)22-16(21)19-12-11-15(14(19)10-9-13-20)23-24(7,8)18(4,5)6/h10-11,15-16H,12-14H2,1-9H3;9-10,14-15,20H,11-13H2,1-8H3/b11-10+;10-9+/t15-,16+;14-,15+/m11/s1. The Morgan fingerprint density at radius 2 is 1.04 bits per heavy atom. The van der Waals surface area contributed by atoms with Crippen LogP contribution >= 0.6 is 0 Å². The summed E-state index contributed by atoms with van der Waals surface area (Å²) in [5.41, 5.74) is -1.12. The first-order chi connectivity index (χ1) is 23.2. The monoisotopic (exact) mass is 792 g/mol. The second-order valence-electron chi connectivity index (χ2n) is 18.8. The minimum Gasteiger partial charge on any atom is -0.444 e. The summed E-state index contributed by atoms with van der Waals surface area (Å²) in [6, 6.07) is -0.520. The third-order valence-electron chi connectivity index (χ3n) is 9.70. The lowest BCUT2D eigenvalue weighted by molar-refractivity contribution is 0.0204. The van der Waals surface area contributed by atoms with Crippen LogP contribution in [0.3, 0.4) is 0 Å². The Labute approximate surface area is 318 Å². The summed E-state index contributed by atoms with van der Waals surface area (Å²) >= 11 is 0. The maximum atomic E-state index is 12.7. The molecule has 0 spiro atoms. The lowest BCUT2D eigenvalue weighted by Crippen LogP contribution is -2.48. The lowest BCUT2D eigenvalue weighted by Gasteiger charge is -2.40. The number of ether oxygens (including phenoxy) is 2. The van der Waals surface area contributed by atoms with Crippen molar-refractivity contribution in [3.8, 4) is 0 Å². The maximum absolute atomic E-state index is 12.7. The summed E-state index contributed by atoms with van der Waals surface area (Å²) in [5.74, 6) is 0. The normalized spacial score (nSPS) is 22.6. The smallest absolute Gasteiger partial charge is 0.410 e. The molecule has 0 bridgehead atoms. The quantitative estimate of drug-likeness (QED) is 0.132. The molecule has 1 N–H and O–H groups in total. The summed E-state index contributed by atoms with van der Waals surface area (Å²) in [6.07, 6.45) is 8.51. The van der Waals surface area contributed by atoms with E-state index in [-0.39, 0.29) is 53.7 Å². The van der Waals surface area contributed by atoms with Crippen LogP contribution in [0.15, 0.2) is 24.3 Å². The molecule has 0 aromatic rings. The van der Waals surface area contributed by atoms with Gasteiger partial charge in [-0.3, -0.25) is 14.0 Å². The molecule has 52 heavy (non-hydrogen) atoms. The average molecular weight is 793 g/mol. The van der Waals surface area contributed by atoms with E-state index in [0.717, 1.165) is 12.7 Å². The van der Waals surface area contributed by atoms with Gasteiger partial charge in [-0.05, 0) is 90.6 Å². The second-order valence-corrected chi connectivity index (χ2v) is 29.9. The average Bonchev–Trinajstić information content (AvgIpc) is 3.49. The number of nitrogens with zero attached hydrogens (tertiary/aromatic N) is 2. The number of aliphatic hydroxyl groups excluding tert-OH is 1. The minimum absolute atomic E-state index is 0.0417. The van der Waals surface area contributed by atoms with Crippen molar-refractivity contribution in [2.24, 2.45) is 0 Å². The van der Waals surface area contributed by atoms with E-state index in [4.69, 9.17) is 27.6 Å². The SMILES string of the molecule is CC(C)(C)OC(=O)N1CC[C@H](O[Si](C)(C)C(C)(C)C)[C@H]1/C=C/CO.CC(C)(C)OC(=O)N1CC[C@H](O[Si](C)(C)C(C)(C)C)[C@H]1/C=C/COS(C)(=O)=O. The molecule has 2 heterocycles. The predicted molar refractivity (Wildman–Crippen MR) is 213 cm³/mol. The number of likely N-dealkylation sites (tertiary alicyclic amines) is 2. The Balaban J connectivity index is 0.000000526. The number of hydrogen-bond donors (Lipinski definition) is 1. The van der Waals surface area contributed by atoms with Gasteiger partial charge >= 0.3 is 12.2 Å². The van der Waals surface area contributed by atoms with Crippen LogP contribution in [-0.4, -0.2) is 120 Å². The van der Waals surface area contributed by atoms with Gasteiger partial charge in [0, 0.05) is 13.1 Å². The predicted octanol–water partition coefficient (Wildman–Crippen LogP) is 7.85. The molecule has 2 rings (SSSR count). The molecule has 0 unspecified atom stereocenters. The minimum atomic E-state index is -3.52. The number of amides is 2. The van der Waals surface area contributed by atoms with Crippen LogP contribution in [0.2, 0.25) is 36.3 Å². The van der Waals surface area contributed by atoms with Crippen LogP contribution in [0.25, 0.3) is 0 Å². The van der Waals surface area contributed by atoms with Gasteiger partial charge in [-0.2, -0.15) is 8.42 Å². The van der Waals surface area contributed by atoms with Gasteiger partial charge in [-0.25, -0.2) is 9.59 Å². The maximum Gasteiger partial charge on any atom is 0.410 e. The first kappa shape index (κ1) is 48.3. The van der Waals surface area contributed by atoms with E-state index in [9.17, 15) is 18.0 Å². The first-order valence-electron chi connectivity index (χ1n) is 18.3. The van der Waals surface area contributed by atoms with Gasteiger partial charge in [0.05, 0.1) is 43.8 Å². The zero-order valence-corrected chi connectivity index (χ0v) is 38.1. The number of aliphatic hydroxyl groups is 1. The molecule has 2 fully saturated rings. The lowest BCUT2D eigenvalue weighted by atomic mass is 10.1. The van der Waals surface area contributed by atoms with Gasteiger partial charge in [0.25, 0.3) is 10.1 Å². The number of carbonyl (C=O) groups excluding carboxylic acids is 2. The topological polar surface area (TPSA) is 141 Å². The fourth-order valence-electron chi connectivity index (χ4n) is 5.02. The highest BCUT2D eigenvalue weighted by atomic mass is 32.2. The molecule has 0 aromatic carbocycles. The van der Waals surface area contributed by atoms with E-state index in [0.29, 0.717) is 19.5 Å². The molecule has 15 heteroatoms. The molecular formula is C37H72N2O10SSi2. The fraction of sp³-hybridized carbons (Fsp3) is 0.838. The van der Waals surface area contributed by atoms with Gasteiger partial charge in [-0.1, -0.05) is 65.8 Å². The van der Waals surface area contributed by atoms with E-state index in [1.807, 2.05) is 47.6 Å². The molecule has 0 aromatic heterocycles. The third-order valence-corrected chi connectivity index (χ3v) is 19.3. The molecule has 4 atom stereocenters. The number of hydrogen-bond acceptors (Lipinski definition) is 10. The number of carbonyl (C=O) groups is 2. The van der Waals surface area contributed by atoms with Crippen molar-refractivity contribution in [3.63, 3.8) is 0 Å². The Hall–Kier alpha value is -1.76. The van der Waals surface area contributed by atoms with Crippen LogP contribution in [0.5, 0.6) is 0 Å². The molecule has 0 radical (unpaired) electrons. The van der Waals surface area contributed by atoms with Gasteiger partial charge < -0.3 is 23.4 Å². The van der Waals surface area contributed by atoms with E-state index >= 15 is 0 Å². The largest absolute Gasteiger partial charge is 0.444 e. The van der Waals surface area contributed by atoms with Crippen molar-refractivity contribution in [1.29, 1.82) is 0 Å². The van der Waals surface area contributed by atoms with E-state index in [1.165, 1.54) is 0 Å². The Morgan fingerprint density at radius 1 is 0.692 bits per heavy atom. The van der Waals surface area contributed by atoms with Crippen LogP contribution in [0.4, 0.5) is 9.59 Å². The number of rotatable bonds is 10.